The molecule has 140 valence electrons. The molecule has 0 bridgehead atoms. The maximum atomic E-state index is 12.2. The molecule has 1 aromatic heterocycles. The van der Waals surface area contributed by atoms with Crippen molar-refractivity contribution in [3.8, 4) is 0 Å². The fraction of sp³-hybridized carbons (Fsp3) is 0.273. The van der Waals surface area contributed by atoms with Gasteiger partial charge in [-0.05, 0) is 61.2 Å². The van der Waals surface area contributed by atoms with E-state index in [-0.39, 0.29) is 5.91 Å². The normalized spacial score (nSPS) is 10.8. The van der Waals surface area contributed by atoms with Gasteiger partial charge in [0.1, 0.15) is 0 Å². The predicted octanol–water partition coefficient (Wildman–Crippen LogP) is 6.30. The van der Waals surface area contributed by atoms with Crippen LogP contribution >= 0.6 is 23.1 Å². The maximum absolute atomic E-state index is 12.2. The highest BCUT2D eigenvalue weighted by Gasteiger charge is 2.18. The van der Waals surface area contributed by atoms with E-state index in [9.17, 15) is 4.79 Å². The van der Waals surface area contributed by atoms with Crippen molar-refractivity contribution in [3.05, 3.63) is 70.2 Å². The number of amides is 1. The van der Waals surface area contributed by atoms with Crippen LogP contribution in [0.5, 0.6) is 0 Å². The van der Waals surface area contributed by atoms with Crippen molar-refractivity contribution in [1.82, 2.24) is 4.98 Å². The Hall–Kier alpha value is -2.11. The standard InChI is InChI=1S/C22H24N2OS2/c1-5-18-7-9-20(10-8-18)24(17(4)25)22-23-19(14-27-22)13-26-21-11-6-15(2)16(3)12-21/h6-12,14H,5,13H2,1-4H3. The predicted molar refractivity (Wildman–Crippen MR) is 116 cm³/mol. The quantitative estimate of drug-likeness (QED) is 0.458. The molecule has 1 heterocycles. The van der Waals surface area contributed by atoms with E-state index in [0.29, 0.717) is 0 Å². The molecule has 3 aromatic rings. The number of rotatable bonds is 6. The third-order valence-corrected chi connectivity index (χ3v) is 6.42. The summed E-state index contributed by atoms with van der Waals surface area (Å²) in [4.78, 5) is 19.9. The SMILES string of the molecule is CCc1ccc(N(C(C)=O)c2nc(CSc3ccc(C)c(C)c3)cs2)cc1. The van der Waals surface area contributed by atoms with Crippen molar-refractivity contribution in [2.45, 2.75) is 44.8 Å². The topological polar surface area (TPSA) is 33.2 Å². The summed E-state index contributed by atoms with van der Waals surface area (Å²) < 4.78 is 0. The number of aromatic nitrogens is 1. The Morgan fingerprint density at radius 3 is 2.48 bits per heavy atom. The molecule has 3 rings (SSSR count). The van der Waals surface area contributed by atoms with Gasteiger partial charge in [-0.2, -0.15) is 0 Å². The van der Waals surface area contributed by atoms with Crippen LogP contribution in [-0.2, 0) is 17.0 Å². The molecule has 27 heavy (non-hydrogen) atoms. The fourth-order valence-electron chi connectivity index (χ4n) is 2.73. The molecule has 0 aliphatic carbocycles. The molecule has 2 aromatic carbocycles. The van der Waals surface area contributed by atoms with Crippen LogP contribution < -0.4 is 4.90 Å². The minimum atomic E-state index is -0.0260. The van der Waals surface area contributed by atoms with E-state index < -0.39 is 0 Å². The molecule has 3 nitrogen and oxygen atoms in total. The summed E-state index contributed by atoms with van der Waals surface area (Å²) in [5.74, 6) is 0.765. The first-order chi connectivity index (χ1) is 13.0. The largest absolute Gasteiger partial charge is 0.274 e. The highest BCUT2D eigenvalue weighted by molar-refractivity contribution is 7.98. The lowest BCUT2D eigenvalue weighted by Crippen LogP contribution is -2.22. The van der Waals surface area contributed by atoms with Crippen LogP contribution in [0.15, 0.2) is 52.7 Å². The average molecular weight is 397 g/mol. The molecule has 0 aliphatic heterocycles. The maximum Gasteiger partial charge on any atom is 0.230 e. The van der Waals surface area contributed by atoms with Gasteiger partial charge in [0, 0.05) is 23.0 Å². The molecule has 0 saturated heterocycles. The molecule has 0 aliphatic rings. The molecule has 0 fully saturated rings. The second kappa shape index (κ2) is 8.72. The molecular weight excluding hydrogens is 372 g/mol. The molecule has 0 atom stereocenters. The number of nitrogens with zero attached hydrogens (tertiary/aromatic N) is 2. The van der Waals surface area contributed by atoms with E-state index in [1.165, 1.54) is 32.9 Å². The Bertz CT molecular complexity index is 932. The van der Waals surface area contributed by atoms with Crippen molar-refractivity contribution in [1.29, 1.82) is 0 Å². The van der Waals surface area contributed by atoms with Crippen molar-refractivity contribution >= 4 is 39.8 Å². The summed E-state index contributed by atoms with van der Waals surface area (Å²) in [5, 5.41) is 2.77. The first-order valence-electron chi connectivity index (χ1n) is 9.02. The van der Waals surface area contributed by atoms with Crippen molar-refractivity contribution in [3.63, 3.8) is 0 Å². The number of thiazole rings is 1. The molecule has 0 N–H and O–H groups in total. The zero-order valence-corrected chi connectivity index (χ0v) is 17.8. The minimum Gasteiger partial charge on any atom is -0.274 e. The highest BCUT2D eigenvalue weighted by atomic mass is 32.2. The third-order valence-electron chi connectivity index (χ3n) is 4.51. The molecular formula is C22H24N2OS2. The lowest BCUT2D eigenvalue weighted by atomic mass is 10.1. The van der Waals surface area contributed by atoms with E-state index in [0.717, 1.165) is 28.7 Å². The Balaban J connectivity index is 1.75. The number of thioether (sulfide) groups is 1. The molecule has 1 amide bonds. The van der Waals surface area contributed by atoms with Crippen LogP contribution in [0.3, 0.4) is 0 Å². The second-order valence-corrected chi connectivity index (χ2v) is 8.42. The van der Waals surface area contributed by atoms with Gasteiger partial charge in [0.25, 0.3) is 0 Å². The smallest absolute Gasteiger partial charge is 0.230 e. The van der Waals surface area contributed by atoms with Crippen LogP contribution in [0.25, 0.3) is 0 Å². The van der Waals surface area contributed by atoms with E-state index in [1.807, 2.05) is 17.5 Å². The van der Waals surface area contributed by atoms with Gasteiger partial charge in [-0.3, -0.25) is 9.69 Å². The number of anilines is 2. The van der Waals surface area contributed by atoms with Gasteiger partial charge in [0.2, 0.25) is 5.91 Å². The van der Waals surface area contributed by atoms with Crippen molar-refractivity contribution in [2.75, 3.05) is 4.90 Å². The lowest BCUT2D eigenvalue weighted by Gasteiger charge is -2.18. The summed E-state index contributed by atoms with van der Waals surface area (Å²) in [5.41, 5.74) is 5.72. The van der Waals surface area contributed by atoms with Crippen molar-refractivity contribution < 1.29 is 4.79 Å². The van der Waals surface area contributed by atoms with E-state index in [1.54, 1.807) is 23.6 Å². The Morgan fingerprint density at radius 1 is 1.11 bits per heavy atom. The van der Waals surface area contributed by atoms with Gasteiger partial charge in [0.15, 0.2) is 5.13 Å². The van der Waals surface area contributed by atoms with Crippen LogP contribution in [0.4, 0.5) is 10.8 Å². The van der Waals surface area contributed by atoms with Crippen LogP contribution in [-0.4, -0.2) is 10.9 Å². The van der Waals surface area contributed by atoms with Gasteiger partial charge in [0.05, 0.1) is 11.4 Å². The number of aryl methyl sites for hydroxylation is 3. The monoisotopic (exact) mass is 396 g/mol. The summed E-state index contributed by atoms with van der Waals surface area (Å²) in [6, 6.07) is 14.6. The van der Waals surface area contributed by atoms with Crippen LogP contribution in [0.2, 0.25) is 0 Å². The van der Waals surface area contributed by atoms with E-state index >= 15 is 0 Å². The summed E-state index contributed by atoms with van der Waals surface area (Å²) in [6.45, 7) is 7.96. The van der Waals surface area contributed by atoms with Crippen LogP contribution in [0, 0.1) is 13.8 Å². The number of carbonyl (C=O) groups excluding carboxylic acids is 1. The number of hydrogen-bond donors (Lipinski definition) is 0. The molecule has 0 saturated carbocycles. The van der Waals surface area contributed by atoms with Gasteiger partial charge >= 0.3 is 0 Å². The molecule has 0 unspecified atom stereocenters. The van der Waals surface area contributed by atoms with Crippen LogP contribution in [0.1, 0.15) is 36.2 Å². The lowest BCUT2D eigenvalue weighted by molar-refractivity contribution is -0.115. The van der Waals surface area contributed by atoms with Gasteiger partial charge < -0.3 is 0 Å². The minimum absolute atomic E-state index is 0.0260. The Morgan fingerprint density at radius 2 is 1.85 bits per heavy atom. The first kappa shape index (κ1) is 19.6. The summed E-state index contributed by atoms with van der Waals surface area (Å²) >= 11 is 3.28. The number of hydrogen-bond acceptors (Lipinski definition) is 4. The number of benzene rings is 2. The van der Waals surface area contributed by atoms with E-state index in [2.05, 4.69) is 51.1 Å². The second-order valence-electron chi connectivity index (χ2n) is 6.53. The zero-order chi connectivity index (χ0) is 19.4. The molecule has 0 radical (unpaired) electrons. The summed E-state index contributed by atoms with van der Waals surface area (Å²) in [7, 11) is 0. The van der Waals surface area contributed by atoms with Gasteiger partial charge in [-0.25, -0.2) is 4.98 Å². The number of carbonyl (C=O) groups is 1. The average Bonchev–Trinajstić information content (AvgIpc) is 3.11. The van der Waals surface area contributed by atoms with Gasteiger partial charge in [-0.15, -0.1) is 23.1 Å². The third kappa shape index (κ3) is 4.79. The zero-order valence-electron chi connectivity index (χ0n) is 16.2. The fourth-order valence-corrected chi connectivity index (χ4v) is 4.61. The first-order valence-corrected chi connectivity index (χ1v) is 10.9. The van der Waals surface area contributed by atoms with Gasteiger partial charge in [-0.1, -0.05) is 25.1 Å². The Kier molecular flexibility index (Phi) is 6.34. The molecule has 5 heteroatoms. The molecule has 0 spiro atoms. The Labute approximate surface area is 169 Å². The van der Waals surface area contributed by atoms with E-state index in [4.69, 9.17) is 4.98 Å². The highest BCUT2D eigenvalue weighted by Crippen LogP contribution is 2.31. The van der Waals surface area contributed by atoms with Crippen molar-refractivity contribution in [2.24, 2.45) is 0 Å². The summed E-state index contributed by atoms with van der Waals surface area (Å²) in [6.07, 6.45) is 0.984.